The molecule has 2 rings (SSSR count). The molecule has 0 saturated heterocycles. The lowest BCUT2D eigenvalue weighted by molar-refractivity contribution is -0.119. The fourth-order valence-corrected chi connectivity index (χ4v) is 2.89. The molecule has 0 aliphatic carbocycles. The third-order valence-electron chi connectivity index (χ3n) is 3.45. The van der Waals surface area contributed by atoms with E-state index in [9.17, 15) is 9.59 Å². The van der Waals surface area contributed by atoms with E-state index in [-0.39, 0.29) is 29.4 Å². The molecule has 0 aliphatic rings. The number of hydrogen-bond acceptors (Lipinski definition) is 3. The van der Waals surface area contributed by atoms with Crippen molar-refractivity contribution in [3.05, 3.63) is 65.7 Å². The van der Waals surface area contributed by atoms with Gasteiger partial charge in [0, 0.05) is 5.69 Å². The number of aryl methyl sites for hydroxylation is 1. The molecule has 0 aliphatic heterocycles. The fourth-order valence-electron chi connectivity index (χ4n) is 2.26. The summed E-state index contributed by atoms with van der Waals surface area (Å²) in [5.41, 5.74) is 2.94. The second-order valence-corrected chi connectivity index (χ2v) is 6.60. The standard InChI is InChI=1S/C19H22N2O2S/c1-14-7-6-10-17(11-14)21-19(23)13-24-12-18(22)20-15(2)16-8-4-3-5-9-16/h3-11,15H,12-13H2,1-2H3,(H,20,22)(H,21,23)/t15-/m1/s1. The van der Waals surface area contributed by atoms with Crippen LogP contribution in [-0.4, -0.2) is 23.3 Å². The van der Waals surface area contributed by atoms with Crippen LogP contribution in [0.3, 0.4) is 0 Å². The van der Waals surface area contributed by atoms with Gasteiger partial charge >= 0.3 is 0 Å². The van der Waals surface area contributed by atoms with Gasteiger partial charge < -0.3 is 10.6 Å². The van der Waals surface area contributed by atoms with Crippen molar-refractivity contribution >= 4 is 29.3 Å². The van der Waals surface area contributed by atoms with E-state index in [4.69, 9.17) is 0 Å². The first-order chi connectivity index (χ1) is 11.5. The normalized spacial score (nSPS) is 11.6. The van der Waals surface area contributed by atoms with E-state index in [1.165, 1.54) is 11.8 Å². The van der Waals surface area contributed by atoms with Crippen LogP contribution in [0.25, 0.3) is 0 Å². The minimum atomic E-state index is -0.102. The summed E-state index contributed by atoms with van der Waals surface area (Å²) in [4.78, 5) is 23.8. The number of benzene rings is 2. The molecular weight excluding hydrogens is 320 g/mol. The molecule has 0 radical (unpaired) electrons. The highest BCUT2D eigenvalue weighted by atomic mass is 32.2. The summed E-state index contributed by atoms with van der Waals surface area (Å²) in [6.07, 6.45) is 0. The van der Waals surface area contributed by atoms with Crippen LogP contribution >= 0.6 is 11.8 Å². The van der Waals surface area contributed by atoms with E-state index in [2.05, 4.69) is 10.6 Å². The van der Waals surface area contributed by atoms with Crippen LogP contribution in [0.4, 0.5) is 5.69 Å². The fraction of sp³-hybridized carbons (Fsp3) is 0.263. The third kappa shape index (κ3) is 6.08. The molecule has 0 bridgehead atoms. The number of thioether (sulfide) groups is 1. The number of hydrogen-bond donors (Lipinski definition) is 2. The van der Waals surface area contributed by atoms with Crippen LogP contribution in [0.15, 0.2) is 54.6 Å². The molecule has 0 spiro atoms. The van der Waals surface area contributed by atoms with Gasteiger partial charge in [-0.25, -0.2) is 0 Å². The summed E-state index contributed by atoms with van der Waals surface area (Å²) in [6, 6.07) is 17.4. The molecule has 2 aromatic carbocycles. The molecule has 4 nitrogen and oxygen atoms in total. The van der Waals surface area contributed by atoms with Crippen molar-refractivity contribution in [2.45, 2.75) is 19.9 Å². The zero-order valence-corrected chi connectivity index (χ0v) is 14.7. The molecule has 24 heavy (non-hydrogen) atoms. The quantitative estimate of drug-likeness (QED) is 0.809. The highest BCUT2D eigenvalue weighted by Gasteiger charge is 2.10. The monoisotopic (exact) mass is 342 g/mol. The van der Waals surface area contributed by atoms with Crippen LogP contribution in [0.1, 0.15) is 24.1 Å². The molecule has 0 heterocycles. The first-order valence-corrected chi connectivity index (χ1v) is 8.98. The molecule has 0 unspecified atom stereocenters. The number of carbonyl (C=O) groups excluding carboxylic acids is 2. The molecule has 126 valence electrons. The Morgan fingerprint density at radius 2 is 1.71 bits per heavy atom. The predicted octanol–water partition coefficient (Wildman–Crippen LogP) is 3.54. The van der Waals surface area contributed by atoms with Gasteiger partial charge in [-0.15, -0.1) is 11.8 Å². The largest absolute Gasteiger partial charge is 0.349 e. The Balaban J connectivity index is 1.69. The van der Waals surface area contributed by atoms with Gasteiger partial charge in [-0.2, -0.15) is 0 Å². The van der Waals surface area contributed by atoms with Crippen LogP contribution in [0, 0.1) is 6.92 Å². The van der Waals surface area contributed by atoms with Crippen molar-refractivity contribution in [1.82, 2.24) is 5.32 Å². The Morgan fingerprint density at radius 3 is 2.42 bits per heavy atom. The molecule has 0 fully saturated rings. The summed E-state index contributed by atoms with van der Waals surface area (Å²) >= 11 is 1.31. The molecular formula is C19H22N2O2S. The minimum Gasteiger partial charge on any atom is -0.349 e. The Kier molecular flexibility index (Phi) is 6.88. The van der Waals surface area contributed by atoms with E-state index in [1.807, 2.05) is 68.4 Å². The van der Waals surface area contributed by atoms with Gasteiger partial charge in [-0.05, 0) is 37.1 Å². The first-order valence-electron chi connectivity index (χ1n) is 7.83. The summed E-state index contributed by atoms with van der Waals surface area (Å²) in [6.45, 7) is 3.92. The average molecular weight is 342 g/mol. The number of amides is 2. The molecule has 2 N–H and O–H groups in total. The topological polar surface area (TPSA) is 58.2 Å². The van der Waals surface area contributed by atoms with Crippen molar-refractivity contribution in [3.8, 4) is 0 Å². The van der Waals surface area contributed by atoms with Gasteiger partial charge in [0.2, 0.25) is 11.8 Å². The molecule has 0 aromatic heterocycles. The van der Waals surface area contributed by atoms with Crippen LogP contribution < -0.4 is 10.6 Å². The van der Waals surface area contributed by atoms with Crippen LogP contribution in [-0.2, 0) is 9.59 Å². The van der Waals surface area contributed by atoms with E-state index in [1.54, 1.807) is 0 Å². The maximum atomic E-state index is 11.9. The zero-order valence-electron chi connectivity index (χ0n) is 13.9. The highest BCUT2D eigenvalue weighted by Crippen LogP contribution is 2.12. The third-order valence-corrected chi connectivity index (χ3v) is 4.38. The molecule has 0 saturated carbocycles. The smallest absolute Gasteiger partial charge is 0.234 e. The number of nitrogens with one attached hydrogen (secondary N) is 2. The zero-order chi connectivity index (χ0) is 17.4. The van der Waals surface area contributed by atoms with Gasteiger partial charge in [0.15, 0.2) is 0 Å². The van der Waals surface area contributed by atoms with Gasteiger partial charge in [0.05, 0.1) is 17.5 Å². The van der Waals surface area contributed by atoms with Crippen molar-refractivity contribution in [1.29, 1.82) is 0 Å². The molecule has 2 amide bonds. The van der Waals surface area contributed by atoms with Crippen LogP contribution in [0.5, 0.6) is 0 Å². The Labute approximate surface area is 147 Å². The summed E-state index contributed by atoms with van der Waals surface area (Å²) in [5, 5.41) is 5.77. The Morgan fingerprint density at radius 1 is 1.00 bits per heavy atom. The molecule has 1 atom stereocenters. The number of rotatable bonds is 7. The summed E-state index contributed by atoms with van der Waals surface area (Å²) in [5.74, 6) is 0.341. The van der Waals surface area contributed by atoms with Gasteiger partial charge in [0.1, 0.15) is 0 Å². The van der Waals surface area contributed by atoms with Gasteiger partial charge in [-0.3, -0.25) is 9.59 Å². The molecule has 2 aromatic rings. The van der Waals surface area contributed by atoms with Crippen molar-refractivity contribution in [3.63, 3.8) is 0 Å². The van der Waals surface area contributed by atoms with E-state index in [0.29, 0.717) is 0 Å². The second-order valence-electron chi connectivity index (χ2n) is 5.61. The van der Waals surface area contributed by atoms with Crippen molar-refractivity contribution in [2.75, 3.05) is 16.8 Å². The first kappa shape index (κ1) is 18.1. The van der Waals surface area contributed by atoms with Crippen LogP contribution in [0.2, 0.25) is 0 Å². The van der Waals surface area contributed by atoms with Gasteiger partial charge in [-0.1, -0.05) is 42.5 Å². The minimum absolute atomic E-state index is 0.0413. The lowest BCUT2D eigenvalue weighted by atomic mass is 10.1. The number of anilines is 1. The van der Waals surface area contributed by atoms with E-state index >= 15 is 0 Å². The lowest BCUT2D eigenvalue weighted by Gasteiger charge is -2.14. The maximum absolute atomic E-state index is 11.9. The predicted molar refractivity (Wildman–Crippen MR) is 100 cm³/mol. The van der Waals surface area contributed by atoms with Crippen molar-refractivity contribution in [2.24, 2.45) is 0 Å². The van der Waals surface area contributed by atoms with E-state index < -0.39 is 0 Å². The lowest BCUT2D eigenvalue weighted by Crippen LogP contribution is -2.28. The van der Waals surface area contributed by atoms with E-state index in [0.717, 1.165) is 16.8 Å². The van der Waals surface area contributed by atoms with Crippen molar-refractivity contribution < 1.29 is 9.59 Å². The Bertz CT molecular complexity index is 689. The molecule has 5 heteroatoms. The Hall–Kier alpha value is -2.27. The SMILES string of the molecule is Cc1cccc(NC(=O)CSCC(=O)N[C@H](C)c2ccccc2)c1. The highest BCUT2D eigenvalue weighted by molar-refractivity contribution is 8.00. The average Bonchev–Trinajstić information content (AvgIpc) is 2.55. The summed E-state index contributed by atoms with van der Waals surface area (Å²) < 4.78 is 0. The van der Waals surface area contributed by atoms with Gasteiger partial charge in [0.25, 0.3) is 0 Å². The maximum Gasteiger partial charge on any atom is 0.234 e. The summed E-state index contributed by atoms with van der Waals surface area (Å²) in [7, 11) is 0. The second kappa shape index (κ2) is 9.13. The number of carbonyl (C=O) groups is 2.